The van der Waals surface area contributed by atoms with E-state index in [9.17, 15) is 4.79 Å². The van der Waals surface area contributed by atoms with Crippen LogP contribution in [0.15, 0.2) is 11.0 Å². The van der Waals surface area contributed by atoms with Gasteiger partial charge < -0.3 is 9.55 Å². The van der Waals surface area contributed by atoms with Crippen LogP contribution >= 0.6 is 12.2 Å². The zero-order chi connectivity index (χ0) is 10.3. The lowest BCUT2D eigenvalue weighted by Crippen LogP contribution is -2.13. The summed E-state index contributed by atoms with van der Waals surface area (Å²) in [4.78, 5) is 22.0. The summed E-state index contributed by atoms with van der Waals surface area (Å²) in [7, 11) is 1.79. The summed E-state index contributed by atoms with van der Waals surface area (Å²) in [6, 6.07) is 0. The van der Waals surface area contributed by atoms with E-state index in [1.54, 1.807) is 24.7 Å². The van der Waals surface area contributed by atoms with Crippen molar-refractivity contribution in [2.75, 3.05) is 0 Å². The Balaban J connectivity index is 2.97. The maximum atomic E-state index is 11.2. The van der Waals surface area contributed by atoms with Gasteiger partial charge in [-0.05, 0) is 19.1 Å². The molecule has 0 saturated heterocycles. The van der Waals surface area contributed by atoms with Crippen LogP contribution in [0.1, 0.15) is 5.69 Å². The average Bonchev–Trinajstić information content (AvgIpc) is 2.11. The first-order valence-corrected chi connectivity index (χ1v) is 4.43. The number of hydrogen-bond donors (Lipinski definition) is 1. The zero-order valence-corrected chi connectivity index (χ0v) is 8.55. The molecule has 1 N–H and O–H groups in total. The standard InChI is InChI=1S/C8H8N4OS/c1-4-7(13)10-6-5(9-4)3-12(2)8(14)11-6/h3H,1-2H3,(H,10,11,13,14). The van der Waals surface area contributed by atoms with Crippen LogP contribution in [0.3, 0.4) is 0 Å². The lowest BCUT2D eigenvalue weighted by atomic mass is 10.4. The Morgan fingerprint density at radius 2 is 2.21 bits per heavy atom. The first-order chi connectivity index (χ1) is 6.58. The number of rotatable bonds is 0. The maximum absolute atomic E-state index is 11.2. The molecule has 0 saturated carbocycles. The summed E-state index contributed by atoms with van der Waals surface area (Å²) in [6.07, 6.45) is 1.74. The third-order valence-corrected chi connectivity index (χ3v) is 2.30. The molecular weight excluding hydrogens is 200 g/mol. The molecule has 2 aromatic rings. The topological polar surface area (TPSA) is 63.6 Å². The van der Waals surface area contributed by atoms with Gasteiger partial charge in [0, 0.05) is 13.2 Å². The SMILES string of the molecule is Cc1nc2cn(C)c(=S)nc2[nH]c1=O. The van der Waals surface area contributed by atoms with E-state index in [0.29, 0.717) is 21.6 Å². The van der Waals surface area contributed by atoms with E-state index in [0.717, 1.165) is 0 Å². The molecule has 0 aromatic carbocycles. The quantitative estimate of drug-likeness (QED) is 0.647. The molecule has 2 aromatic heterocycles. The highest BCUT2D eigenvalue weighted by Crippen LogP contribution is 2.02. The molecule has 0 aliphatic carbocycles. The van der Waals surface area contributed by atoms with E-state index < -0.39 is 0 Å². The van der Waals surface area contributed by atoms with E-state index in [1.165, 1.54) is 0 Å². The highest BCUT2D eigenvalue weighted by atomic mass is 32.1. The molecule has 0 amide bonds. The average molecular weight is 208 g/mol. The van der Waals surface area contributed by atoms with Crippen molar-refractivity contribution in [1.29, 1.82) is 0 Å². The Morgan fingerprint density at radius 1 is 1.50 bits per heavy atom. The molecule has 6 heteroatoms. The van der Waals surface area contributed by atoms with Gasteiger partial charge in [-0.1, -0.05) is 0 Å². The summed E-state index contributed by atoms with van der Waals surface area (Å²) in [5.74, 6) is 0. The summed E-state index contributed by atoms with van der Waals surface area (Å²) < 4.78 is 2.10. The molecule has 0 aliphatic heterocycles. The van der Waals surface area contributed by atoms with Crippen molar-refractivity contribution in [2.24, 2.45) is 7.05 Å². The van der Waals surface area contributed by atoms with Crippen molar-refractivity contribution < 1.29 is 0 Å². The lowest BCUT2D eigenvalue weighted by molar-refractivity contribution is 0.849. The Hall–Kier alpha value is -1.56. The van der Waals surface area contributed by atoms with Gasteiger partial charge in [-0.3, -0.25) is 4.79 Å². The lowest BCUT2D eigenvalue weighted by Gasteiger charge is -2.01. The van der Waals surface area contributed by atoms with Gasteiger partial charge in [-0.25, -0.2) is 9.97 Å². The number of nitrogens with one attached hydrogen (secondary N) is 1. The van der Waals surface area contributed by atoms with Gasteiger partial charge in [0.05, 0.1) is 0 Å². The number of aromatic nitrogens is 4. The summed E-state index contributed by atoms with van der Waals surface area (Å²) in [5, 5.41) is 0. The predicted molar refractivity (Wildman–Crippen MR) is 54.7 cm³/mol. The fourth-order valence-corrected chi connectivity index (χ4v) is 1.28. The van der Waals surface area contributed by atoms with Crippen molar-refractivity contribution in [3.05, 3.63) is 27.0 Å². The number of aromatic amines is 1. The van der Waals surface area contributed by atoms with E-state index in [2.05, 4.69) is 15.0 Å². The molecule has 2 heterocycles. The third kappa shape index (κ3) is 1.33. The van der Waals surface area contributed by atoms with E-state index in [1.807, 2.05) is 0 Å². The minimum absolute atomic E-state index is 0.228. The summed E-state index contributed by atoms with van der Waals surface area (Å²) in [6.45, 7) is 1.65. The minimum Gasteiger partial charge on any atom is -0.325 e. The first-order valence-electron chi connectivity index (χ1n) is 4.02. The van der Waals surface area contributed by atoms with Gasteiger partial charge in [0.15, 0.2) is 5.65 Å². The van der Waals surface area contributed by atoms with Gasteiger partial charge in [0.2, 0.25) is 4.77 Å². The van der Waals surface area contributed by atoms with Crippen LogP contribution in [0.5, 0.6) is 0 Å². The molecule has 14 heavy (non-hydrogen) atoms. The predicted octanol–water partition coefficient (Wildman–Crippen LogP) is 0.695. The Morgan fingerprint density at radius 3 is 2.93 bits per heavy atom. The van der Waals surface area contributed by atoms with Crippen LogP contribution in [0.25, 0.3) is 11.2 Å². The molecule has 0 aliphatic rings. The molecule has 0 spiro atoms. The highest BCUT2D eigenvalue weighted by molar-refractivity contribution is 7.71. The van der Waals surface area contributed by atoms with Gasteiger partial charge in [-0.15, -0.1) is 0 Å². The number of hydrogen-bond acceptors (Lipinski definition) is 4. The molecular formula is C8H8N4OS. The van der Waals surface area contributed by atoms with Crippen LogP contribution in [-0.4, -0.2) is 19.5 Å². The largest absolute Gasteiger partial charge is 0.325 e. The maximum Gasteiger partial charge on any atom is 0.270 e. The molecule has 0 atom stereocenters. The van der Waals surface area contributed by atoms with Gasteiger partial charge >= 0.3 is 0 Å². The Labute approximate surface area is 84.5 Å². The third-order valence-electron chi connectivity index (χ3n) is 1.92. The van der Waals surface area contributed by atoms with E-state index >= 15 is 0 Å². The van der Waals surface area contributed by atoms with Crippen molar-refractivity contribution in [1.82, 2.24) is 19.5 Å². The molecule has 72 valence electrons. The van der Waals surface area contributed by atoms with Crippen molar-refractivity contribution in [3.63, 3.8) is 0 Å². The monoisotopic (exact) mass is 208 g/mol. The van der Waals surface area contributed by atoms with Crippen LogP contribution < -0.4 is 5.56 Å². The van der Waals surface area contributed by atoms with E-state index in [-0.39, 0.29) is 5.56 Å². The normalized spacial score (nSPS) is 10.7. The zero-order valence-electron chi connectivity index (χ0n) is 7.74. The van der Waals surface area contributed by atoms with Crippen molar-refractivity contribution >= 4 is 23.4 Å². The molecule has 0 fully saturated rings. The van der Waals surface area contributed by atoms with Crippen LogP contribution in [0.4, 0.5) is 0 Å². The molecule has 5 nitrogen and oxygen atoms in total. The summed E-state index contributed by atoms with van der Waals surface area (Å²) in [5.41, 5.74) is 1.27. The van der Waals surface area contributed by atoms with Gasteiger partial charge in [-0.2, -0.15) is 0 Å². The smallest absolute Gasteiger partial charge is 0.270 e. The number of nitrogens with zero attached hydrogens (tertiary/aromatic N) is 3. The molecule has 0 unspecified atom stereocenters. The van der Waals surface area contributed by atoms with Gasteiger partial charge in [0.1, 0.15) is 11.2 Å². The molecule has 2 rings (SSSR count). The minimum atomic E-state index is -0.228. The second kappa shape index (κ2) is 2.98. The fourth-order valence-electron chi connectivity index (χ4n) is 1.13. The Bertz CT molecular complexity index is 562. The molecule has 0 radical (unpaired) electrons. The fraction of sp³-hybridized carbons (Fsp3) is 0.250. The number of aryl methyl sites for hydroxylation is 2. The van der Waals surface area contributed by atoms with Gasteiger partial charge in [0.25, 0.3) is 5.56 Å². The first kappa shape index (κ1) is 9.01. The second-order valence-corrected chi connectivity index (χ2v) is 3.38. The van der Waals surface area contributed by atoms with Crippen molar-refractivity contribution in [3.8, 4) is 0 Å². The van der Waals surface area contributed by atoms with Crippen LogP contribution in [0.2, 0.25) is 0 Å². The summed E-state index contributed by atoms with van der Waals surface area (Å²) >= 11 is 4.96. The molecule has 0 bridgehead atoms. The van der Waals surface area contributed by atoms with Crippen LogP contribution in [-0.2, 0) is 7.05 Å². The Kier molecular flexibility index (Phi) is 1.92. The van der Waals surface area contributed by atoms with Crippen LogP contribution in [0, 0.1) is 11.7 Å². The second-order valence-electron chi connectivity index (χ2n) is 3.02. The highest BCUT2D eigenvalue weighted by Gasteiger charge is 2.01. The van der Waals surface area contributed by atoms with E-state index in [4.69, 9.17) is 12.2 Å². The number of H-pyrrole nitrogens is 1. The number of fused-ring (bicyclic) bond motifs is 1. The van der Waals surface area contributed by atoms with Crippen molar-refractivity contribution in [2.45, 2.75) is 6.92 Å².